The van der Waals surface area contributed by atoms with Crippen molar-refractivity contribution in [2.45, 2.75) is 26.3 Å². The van der Waals surface area contributed by atoms with Crippen LogP contribution >= 0.6 is 0 Å². The number of nitrogens with one attached hydrogen (secondary N) is 2. The Morgan fingerprint density at radius 3 is 2.34 bits per heavy atom. The number of hydrogen-bond acceptors (Lipinski definition) is 4. The Balaban J connectivity index is 1.65. The Labute approximate surface area is 172 Å². The van der Waals surface area contributed by atoms with Crippen molar-refractivity contribution in [2.24, 2.45) is 0 Å². The van der Waals surface area contributed by atoms with Crippen molar-refractivity contribution in [2.75, 3.05) is 43.4 Å². The Hall–Kier alpha value is -2.86. The minimum atomic E-state index is -0.349. The van der Waals surface area contributed by atoms with Crippen LogP contribution in [0.3, 0.4) is 0 Å². The van der Waals surface area contributed by atoms with Gasteiger partial charge in [0, 0.05) is 44.5 Å². The molecule has 6 heteroatoms. The molecule has 2 amide bonds. The van der Waals surface area contributed by atoms with Gasteiger partial charge in [0.25, 0.3) is 0 Å². The van der Waals surface area contributed by atoms with Crippen molar-refractivity contribution in [3.63, 3.8) is 0 Å². The molecule has 1 aliphatic heterocycles. The molecule has 2 N–H and O–H groups in total. The van der Waals surface area contributed by atoms with Gasteiger partial charge in [0.05, 0.1) is 12.5 Å². The van der Waals surface area contributed by atoms with Crippen molar-refractivity contribution in [1.29, 1.82) is 0 Å². The lowest BCUT2D eigenvalue weighted by atomic mass is 10.0. The number of hydrogen-bond donors (Lipinski definition) is 2. The van der Waals surface area contributed by atoms with Crippen molar-refractivity contribution >= 4 is 23.2 Å². The third-order valence-corrected chi connectivity index (χ3v) is 5.32. The molecule has 0 bridgehead atoms. The van der Waals surface area contributed by atoms with E-state index in [-0.39, 0.29) is 24.3 Å². The molecule has 0 aliphatic carbocycles. The van der Waals surface area contributed by atoms with E-state index in [1.54, 1.807) is 0 Å². The molecule has 1 aliphatic rings. The number of rotatable bonds is 6. The van der Waals surface area contributed by atoms with Crippen LogP contribution in [0, 0.1) is 6.92 Å². The summed E-state index contributed by atoms with van der Waals surface area (Å²) in [5.41, 5.74) is 3.95. The SMILES string of the molecule is CC(=O)NC(CC(=O)Nc1ccc(N2CCN(C)CC2)cc1C)c1ccccc1. The van der Waals surface area contributed by atoms with Crippen LogP contribution in [0.25, 0.3) is 0 Å². The Morgan fingerprint density at radius 1 is 1.03 bits per heavy atom. The lowest BCUT2D eigenvalue weighted by molar-refractivity contribution is -0.120. The normalized spacial score (nSPS) is 15.6. The molecule has 0 spiro atoms. The van der Waals surface area contributed by atoms with E-state index in [1.165, 1.54) is 12.6 Å². The van der Waals surface area contributed by atoms with Gasteiger partial charge < -0.3 is 20.4 Å². The number of carbonyl (C=O) groups is 2. The van der Waals surface area contributed by atoms with Crippen molar-refractivity contribution in [3.05, 3.63) is 59.7 Å². The molecule has 1 fully saturated rings. The maximum atomic E-state index is 12.7. The first-order chi connectivity index (χ1) is 13.9. The topological polar surface area (TPSA) is 64.7 Å². The molecule has 1 unspecified atom stereocenters. The highest BCUT2D eigenvalue weighted by Crippen LogP contribution is 2.25. The van der Waals surface area contributed by atoms with Gasteiger partial charge >= 0.3 is 0 Å². The second-order valence-electron chi connectivity index (χ2n) is 7.71. The van der Waals surface area contributed by atoms with E-state index in [9.17, 15) is 9.59 Å². The molecule has 29 heavy (non-hydrogen) atoms. The summed E-state index contributed by atoms with van der Waals surface area (Å²) < 4.78 is 0. The summed E-state index contributed by atoms with van der Waals surface area (Å²) in [6.07, 6.45) is 0.184. The van der Waals surface area contributed by atoms with Crippen molar-refractivity contribution in [3.8, 4) is 0 Å². The third kappa shape index (κ3) is 5.81. The number of benzene rings is 2. The average Bonchev–Trinajstić information content (AvgIpc) is 2.70. The molecular weight excluding hydrogens is 364 g/mol. The van der Waals surface area contributed by atoms with Crippen molar-refractivity contribution in [1.82, 2.24) is 10.2 Å². The number of likely N-dealkylation sites (N-methyl/N-ethyl adjacent to an activating group) is 1. The molecule has 1 saturated heterocycles. The van der Waals surface area contributed by atoms with Crippen LogP contribution < -0.4 is 15.5 Å². The predicted molar refractivity (Wildman–Crippen MR) is 117 cm³/mol. The number of piperazine rings is 1. The minimum Gasteiger partial charge on any atom is -0.369 e. The lowest BCUT2D eigenvalue weighted by Crippen LogP contribution is -2.44. The average molecular weight is 395 g/mol. The summed E-state index contributed by atoms with van der Waals surface area (Å²) in [6, 6.07) is 15.4. The van der Waals surface area contributed by atoms with Crippen LogP contribution in [-0.4, -0.2) is 49.9 Å². The summed E-state index contributed by atoms with van der Waals surface area (Å²) in [7, 11) is 2.14. The van der Waals surface area contributed by atoms with Crippen LogP contribution in [0.4, 0.5) is 11.4 Å². The fourth-order valence-electron chi connectivity index (χ4n) is 3.62. The van der Waals surface area contributed by atoms with E-state index in [1.807, 2.05) is 43.3 Å². The maximum Gasteiger partial charge on any atom is 0.226 e. The summed E-state index contributed by atoms with van der Waals surface area (Å²) >= 11 is 0. The molecule has 0 saturated carbocycles. The van der Waals surface area contributed by atoms with Gasteiger partial charge in [-0.1, -0.05) is 30.3 Å². The molecule has 1 atom stereocenters. The zero-order chi connectivity index (χ0) is 20.8. The van der Waals surface area contributed by atoms with E-state index >= 15 is 0 Å². The summed E-state index contributed by atoms with van der Waals surface area (Å²) in [5, 5.41) is 5.88. The summed E-state index contributed by atoms with van der Waals surface area (Å²) in [6.45, 7) is 7.62. The Kier molecular flexibility index (Phi) is 6.88. The highest BCUT2D eigenvalue weighted by molar-refractivity contribution is 5.92. The second kappa shape index (κ2) is 9.56. The Bertz CT molecular complexity index is 845. The number of amides is 2. The molecule has 154 valence electrons. The highest BCUT2D eigenvalue weighted by Gasteiger charge is 2.18. The monoisotopic (exact) mass is 394 g/mol. The summed E-state index contributed by atoms with van der Waals surface area (Å²) in [4.78, 5) is 29.0. The standard InChI is InChI=1S/C23H30N4O2/c1-17-15-20(27-13-11-26(3)12-14-27)9-10-21(17)25-23(29)16-22(24-18(2)28)19-7-5-4-6-8-19/h4-10,15,22H,11-14,16H2,1-3H3,(H,24,28)(H,25,29). The van der Waals surface area contributed by atoms with Gasteiger partial charge in [-0.15, -0.1) is 0 Å². The molecule has 2 aromatic carbocycles. The molecule has 6 nitrogen and oxygen atoms in total. The molecule has 3 rings (SSSR count). The number of carbonyl (C=O) groups excluding carboxylic acids is 2. The second-order valence-corrected chi connectivity index (χ2v) is 7.71. The number of anilines is 2. The quantitative estimate of drug-likeness (QED) is 0.791. The molecule has 0 radical (unpaired) electrons. The highest BCUT2D eigenvalue weighted by atomic mass is 16.2. The first kappa shape index (κ1) is 20.9. The van der Waals surface area contributed by atoms with Gasteiger partial charge in [-0.3, -0.25) is 9.59 Å². The predicted octanol–water partition coefficient (Wildman–Crippen LogP) is 2.95. The van der Waals surface area contributed by atoms with Crippen LogP contribution in [0.1, 0.15) is 30.5 Å². The van der Waals surface area contributed by atoms with E-state index < -0.39 is 0 Å². The largest absolute Gasteiger partial charge is 0.369 e. The van der Waals surface area contributed by atoms with E-state index in [0.717, 1.165) is 43.0 Å². The Morgan fingerprint density at radius 2 is 1.72 bits per heavy atom. The number of aryl methyl sites for hydroxylation is 1. The lowest BCUT2D eigenvalue weighted by Gasteiger charge is -2.34. The van der Waals surface area contributed by atoms with Gasteiger partial charge in [-0.05, 0) is 43.3 Å². The fourth-order valence-corrected chi connectivity index (χ4v) is 3.62. The fraction of sp³-hybridized carbons (Fsp3) is 0.391. The minimum absolute atomic E-state index is 0.122. The maximum absolute atomic E-state index is 12.7. The molecule has 2 aromatic rings. The smallest absolute Gasteiger partial charge is 0.226 e. The van der Waals surface area contributed by atoms with Crippen LogP contribution in [0.15, 0.2) is 48.5 Å². The first-order valence-electron chi connectivity index (χ1n) is 10.1. The molecular formula is C23H30N4O2. The summed E-state index contributed by atoms with van der Waals surface area (Å²) in [5.74, 6) is -0.276. The van der Waals surface area contributed by atoms with Gasteiger partial charge in [0.2, 0.25) is 11.8 Å². The zero-order valence-electron chi connectivity index (χ0n) is 17.4. The van der Waals surface area contributed by atoms with Crippen LogP contribution in [0.2, 0.25) is 0 Å². The first-order valence-corrected chi connectivity index (χ1v) is 10.1. The van der Waals surface area contributed by atoms with Gasteiger partial charge in [0.15, 0.2) is 0 Å². The molecule has 0 aromatic heterocycles. The third-order valence-electron chi connectivity index (χ3n) is 5.32. The van der Waals surface area contributed by atoms with E-state index in [4.69, 9.17) is 0 Å². The van der Waals surface area contributed by atoms with Crippen molar-refractivity contribution < 1.29 is 9.59 Å². The molecule has 1 heterocycles. The van der Waals surface area contributed by atoms with Gasteiger partial charge in [-0.25, -0.2) is 0 Å². The van der Waals surface area contributed by atoms with Crippen LogP contribution in [0.5, 0.6) is 0 Å². The van der Waals surface area contributed by atoms with E-state index in [0.29, 0.717) is 0 Å². The van der Waals surface area contributed by atoms with Crippen LogP contribution in [-0.2, 0) is 9.59 Å². The van der Waals surface area contributed by atoms with Gasteiger partial charge in [0.1, 0.15) is 0 Å². The zero-order valence-corrected chi connectivity index (χ0v) is 17.4. The van der Waals surface area contributed by atoms with E-state index in [2.05, 4.69) is 39.6 Å². The van der Waals surface area contributed by atoms with Gasteiger partial charge in [-0.2, -0.15) is 0 Å². The number of nitrogens with zero attached hydrogens (tertiary/aromatic N) is 2.